The molecule has 3 aliphatic carbocycles. The van der Waals surface area contributed by atoms with E-state index < -0.39 is 37.2 Å². The number of aryl methyl sites for hydroxylation is 1. The zero-order valence-electron chi connectivity index (χ0n) is 19.7. The summed E-state index contributed by atoms with van der Waals surface area (Å²) in [7, 11) is 0. The molecule has 5 atom stereocenters. The van der Waals surface area contributed by atoms with Crippen LogP contribution in [0.2, 0.25) is 0 Å². The van der Waals surface area contributed by atoms with Gasteiger partial charge in [0.05, 0.1) is 12.7 Å². The highest BCUT2D eigenvalue weighted by atomic mass is 19.4. The molecule has 2 fully saturated rings. The number of halogens is 9. The molecule has 0 aliphatic heterocycles. The van der Waals surface area contributed by atoms with Gasteiger partial charge in [-0.2, -0.15) is 39.5 Å². The third-order valence-corrected chi connectivity index (χ3v) is 8.68. The minimum Gasteiger partial charge on any atom is -0.378 e. The Morgan fingerprint density at radius 1 is 0.833 bits per heavy atom. The second-order valence-corrected chi connectivity index (χ2v) is 10.5. The molecule has 1 aromatic carbocycles. The average molecular weight is 532 g/mol. The Labute approximate surface area is 203 Å². The normalized spacial score (nSPS) is 31.1. The van der Waals surface area contributed by atoms with Crippen molar-refractivity contribution in [3.8, 4) is 0 Å². The van der Waals surface area contributed by atoms with E-state index >= 15 is 0 Å². The van der Waals surface area contributed by atoms with Crippen molar-refractivity contribution in [2.45, 2.75) is 88.0 Å². The van der Waals surface area contributed by atoms with Crippen molar-refractivity contribution < 1.29 is 49.0 Å². The first kappa shape index (κ1) is 27.5. The SMILES string of the molecule is CC12CCC3c4ccccc4CCC3C1CCC2OCCCOC(C(F)(F)F)(C(F)(F)F)C(F)(F)F. The van der Waals surface area contributed by atoms with Crippen LogP contribution in [0.25, 0.3) is 0 Å². The molecule has 3 aliphatic rings. The van der Waals surface area contributed by atoms with Gasteiger partial charge in [-0.1, -0.05) is 31.2 Å². The molecule has 0 saturated heterocycles. The lowest BCUT2D eigenvalue weighted by Crippen LogP contribution is -2.67. The lowest BCUT2D eigenvalue weighted by molar-refractivity contribution is -0.457. The van der Waals surface area contributed by atoms with Crippen LogP contribution in [0.4, 0.5) is 39.5 Å². The van der Waals surface area contributed by atoms with Crippen molar-refractivity contribution in [1.29, 1.82) is 0 Å². The molecule has 0 heterocycles. The molecule has 0 amide bonds. The maximum atomic E-state index is 13.0. The largest absolute Gasteiger partial charge is 0.435 e. The standard InChI is InChI=1S/C25H29F9O2/c1-21-12-11-17-16-6-3-2-5-15(16)7-8-18(17)19(21)9-10-20(21)35-13-4-14-36-22(23(26,27)28,24(29,30)31)25(32,33)34/h2-3,5-6,17-20H,4,7-14H2,1H3. The van der Waals surface area contributed by atoms with Crippen LogP contribution in [-0.4, -0.2) is 43.4 Å². The van der Waals surface area contributed by atoms with Gasteiger partial charge in [0.1, 0.15) is 0 Å². The minimum atomic E-state index is -6.71. The third kappa shape index (κ3) is 4.41. The lowest BCUT2D eigenvalue weighted by Gasteiger charge is -2.50. The van der Waals surface area contributed by atoms with Gasteiger partial charge in [0.15, 0.2) is 0 Å². The molecule has 0 N–H and O–H groups in total. The third-order valence-electron chi connectivity index (χ3n) is 8.68. The van der Waals surface area contributed by atoms with E-state index in [1.54, 1.807) is 0 Å². The highest BCUT2D eigenvalue weighted by Crippen LogP contribution is 2.61. The Morgan fingerprint density at radius 3 is 2.11 bits per heavy atom. The summed E-state index contributed by atoms with van der Waals surface area (Å²) in [4.78, 5) is 0. The molecular formula is C25H29F9O2. The molecule has 1 aromatic rings. The summed E-state index contributed by atoms with van der Waals surface area (Å²) < 4.78 is 126. The van der Waals surface area contributed by atoms with Gasteiger partial charge in [-0.05, 0) is 79.2 Å². The lowest BCUT2D eigenvalue weighted by atomic mass is 9.55. The van der Waals surface area contributed by atoms with E-state index in [1.165, 1.54) is 11.1 Å². The Balaban J connectivity index is 1.36. The van der Waals surface area contributed by atoms with Gasteiger partial charge in [-0.15, -0.1) is 0 Å². The topological polar surface area (TPSA) is 18.5 Å². The van der Waals surface area contributed by atoms with Crippen LogP contribution in [0.15, 0.2) is 24.3 Å². The van der Waals surface area contributed by atoms with Crippen LogP contribution in [0.1, 0.15) is 62.5 Å². The molecule has 0 radical (unpaired) electrons. The van der Waals surface area contributed by atoms with Crippen molar-refractivity contribution in [3.63, 3.8) is 0 Å². The first-order valence-electron chi connectivity index (χ1n) is 12.2. The van der Waals surface area contributed by atoms with Crippen LogP contribution in [0, 0.1) is 17.3 Å². The molecule has 4 rings (SSSR count). The Kier molecular flexibility index (Phi) is 7.16. The summed E-state index contributed by atoms with van der Waals surface area (Å²) in [6, 6.07) is 8.42. The summed E-state index contributed by atoms with van der Waals surface area (Å²) in [6.07, 6.45) is -15.4. The van der Waals surface area contributed by atoms with E-state index in [0.29, 0.717) is 24.2 Å². The van der Waals surface area contributed by atoms with E-state index in [0.717, 1.165) is 32.1 Å². The first-order chi connectivity index (χ1) is 16.6. The minimum absolute atomic E-state index is 0.192. The highest BCUT2D eigenvalue weighted by Gasteiger charge is 2.85. The number of alkyl halides is 9. The molecule has 2 nitrogen and oxygen atoms in total. The summed E-state index contributed by atoms with van der Waals surface area (Å²) >= 11 is 0. The van der Waals surface area contributed by atoms with Crippen molar-refractivity contribution in [3.05, 3.63) is 35.4 Å². The molecule has 0 aromatic heterocycles. The smallest absolute Gasteiger partial charge is 0.378 e. The van der Waals surface area contributed by atoms with Crippen molar-refractivity contribution in [1.82, 2.24) is 0 Å². The summed E-state index contributed by atoms with van der Waals surface area (Å²) in [5.41, 5.74) is -3.66. The second kappa shape index (κ2) is 9.36. The van der Waals surface area contributed by atoms with E-state index in [1.807, 2.05) is 12.1 Å². The molecular weight excluding hydrogens is 503 g/mol. The monoisotopic (exact) mass is 532 g/mol. The number of benzene rings is 1. The molecule has 0 bridgehead atoms. The predicted octanol–water partition coefficient (Wildman–Crippen LogP) is 7.76. The van der Waals surface area contributed by atoms with Crippen molar-refractivity contribution in [2.75, 3.05) is 13.2 Å². The van der Waals surface area contributed by atoms with Gasteiger partial charge >= 0.3 is 24.1 Å². The number of rotatable bonds is 6. The van der Waals surface area contributed by atoms with Crippen LogP contribution in [0.5, 0.6) is 0 Å². The van der Waals surface area contributed by atoms with Crippen LogP contribution >= 0.6 is 0 Å². The van der Waals surface area contributed by atoms with E-state index in [9.17, 15) is 39.5 Å². The zero-order valence-corrected chi connectivity index (χ0v) is 19.7. The van der Waals surface area contributed by atoms with Gasteiger partial charge in [-0.25, -0.2) is 0 Å². The van der Waals surface area contributed by atoms with E-state index in [-0.39, 0.29) is 18.1 Å². The summed E-state index contributed by atoms with van der Waals surface area (Å²) in [5.74, 6) is 1.31. The highest BCUT2D eigenvalue weighted by molar-refractivity contribution is 5.34. The number of fused-ring (bicyclic) bond motifs is 5. The molecule has 0 spiro atoms. The van der Waals surface area contributed by atoms with Gasteiger partial charge in [0.2, 0.25) is 0 Å². The Bertz CT molecular complexity index is 887. The number of hydrogen-bond acceptors (Lipinski definition) is 2. The summed E-state index contributed by atoms with van der Waals surface area (Å²) in [6.45, 7) is 0.435. The first-order valence-corrected chi connectivity index (χ1v) is 12.2. The van der Waals surface area contributed by atoms with Gasteiger partial charge in [0, 0.05) is 6.61 Å². The fourth-order valence-corrected chi connectivity index (χ4v) is 6.99. The molecule has 11 heteroatoms. The number of ether oxygens (including phenoxy) is 2. The van der Waals surface area contributed by atoms with E-state index in [4.69, 9.17) is 4.74 Å². The maximum absolute atomic E-state index is 13.0. The average Bonchev–Trinajstić information content (AvgIpc) is 3.09. The van der Waals surface area contributed by atoms with Crippen LogP contribution < -0.4 is 0 Å². The van der Waals surface area contributed by atoms with Gasteiger partial charge in [-0.3, -0.25) is 0 Å². The van der Waals surface area contributed by atoms with Gasteiger partial charge in [0.25, 0.3) is 0 Å². The summed E-state index contributed by atoms with van der Waals surface area (Å²) in [5, 5.41) is 0. The van der Waals surface area contributed by atoms with Crippen molar-refractivity contribution in [2.24, 2.45) is 17.3 Å². The fourth-order valence-electron chi connectivity index (χ4n) is 6.99. The van der Waals surface area contributed by atoms with Gasteiger partial charge < -0.3 is 9.47 Å². The molecule has 2 saturated carbocycles. The number of hydrogen-bond donors (Lipinski definition) is 0. The Morgan fingerprint density at radius 2 is 1.47 bits per heavy atom. The quantitative estimate of drug-likeness (QED) is 0.275. The fraction of sp³-hybridized carbons (Fsp3) is 0.760. The van der Waals surface area contributed by atoms with E-state index in [2.05, 4.69) is 23.8 Å². The predicted molar refractivity (Wildman–Crippen MR) is 112 cm³/mol. The van der Waals surface area contributed by atoms with Crippen LogP contribution in [-0.2, 0) is 15.9 Å². The Hall–Kier alpha value is -1.49. The maximum Gasteiger partial charge on any atom is 0.435 e. The van der Waals surface area contributed by atoms with Crippen LogP contribution in [0.3, 0.4) is 0 Å². The molecule has 36 heavy (non-hydrogen) atoms. The van der Waals surface area contributed by atoms with Crippen molar-refractivity contribution >= 4 is 0 Å². The second-order valence-electron chi connectivity index (χ2n) is 10.5. The molecule has 204 valence electrons. The zero-order chi connectivity index (χ0) is 26.6. The molecule has 5 unspecified atom stereocenters.